The molecule has 3 heteroatoms. The van der Waals surface area contributed by atoms with Gasteiger partial charge in [0.05, 0.1) is 5.56 Å². The van der Waals surface area contributed by atoms with Crippen molar-refractivity contribution in [3.8, 4) is 6.07 Å². The molecule has 1 heterocycles. The maximum absolute atomic E-state index is 11.3. The third-order valence-corrected chi connectivity index (χ3v) is 2.83. The van der Waals surface area contributed by atoms with E-state index in [1.165, 1.54) is 6.07 Å². The van der Waals surface area contributed by atoms with Gasteiger partial charge in [0.15, 0.2) is 0 Å². The molecule has 3 nitrogen and oxygen atoms in total. The number of fused-ring (bicyclic) bond motifs is 1. The molecule has 0 bridgehead atoms. The van der Waals surface area contributed by atoms with Crippen LogP contribution in [0.5, 0.6) is 0 Å². The number of hydrogen-bond acceptors (Lipinski definition) is 2. The highest BCUT2D eigenvalue weighted by molar-refractivity contribution is 5.85. The van der Waals surface area contributed by atoms with Crippen LogP contribution in [0.25, 0.3) is 10.9 Å². The van der Waals surface area contributed by atoms with E-state index in [9.17, 15) is 4.79 Å². The fraction of sp³-hybridized carbons (Fsp3) is 0.286. The van der Waals surface area contributed by atoms with Crippen molar-refractivity contribution in [2.24, 2.45) is 0 Å². The summed E-state index contributed by atoms with van der Waals surface area (Å²) in [4.78, 5) is 14.1. The van der Waals surface area contributed by atoms with Gasteiger partial charge in [-0.15, -0.1) is 0 Å². The minimum atomic E-state index is -0.238. The van der Waals surface area contributed by atoms with Crippen molar-refractivity contribution < 1.29 is 0 Å². The minimum absolute atomic E-state index is 0.0249. The standard InChI is InChI=1S/C14H14N2O/c1-14(2,3)10-4-5-12-11(7-10)9(8-15)6-13(17)16-12/h4-7H,1-3H3,(H,16,17). The number of H-pyrrole nitrogens is 1. The normalized spacial score (nSPS) is 11.4. The first kappa shape index (κ1) is 11.4. The van der Waals surface area contributed by atoms with Gasteiger partial charge < -0.3 is 4.98 Å². The highest BCUT2D eigenvalue weighted by Crippen LogP contribution is 2.26. The molecule has 0 fully saturated rings. The smallest absolute Gasteiger partial charge is 0.249 e. The van der Waals surface area contributed by atoms with Gasteiger partial charge in [-0.05, 0) is 23.1 Å². The highest BCUT2D eigenvalue weighted by Gasteiger charge is 2.14. The molecule has 0 radical (unpaired) electrons. The topological polar surface area (TPSA) is 56.6 Å². The third-order valence-electron chi connectivity index (χ3n) is 2.83. The Balaban J connectivity index is 2.82. The third kappa shape index (κ3) is 2.07. The summed E-state index contributed by atoms with van der Waals surface area (Å²) in [5, 5.41) is 9.86. The molecule has 0 saturated carbocycles. The molecule has 0 atom stereocenters. The van der Waals surface area contributed by atoms with E-state index in [0.717, 1.165) is 10.9 Å². The lowest BCUT2D eigenvalue weighted by atomic mass is 9.86. The Bertz CT molecular complexity index is 669. The summed E-state index contributed by atoms with van der Waals surface area (Å²) in [6, 6.07) is 9.23. The summed E-state index contributed by atoms with van der Waals surface area (Å²) >= 11 is 0. The van der Waals surface area contributed by atoms with Crippen molar-refractivity contribution in [1.29, 1.82) is 5.26 Å². The summed E-state index contributed by atoms with van der Waals surface area (Å²) in [7, 11) is 0. The first-order chi connectivity index (χ1) is 7.91. The maximum atomic E-state index is 11.3. The Morgan fingerprint density at radius 2 is 1.94 bits per heavy atom. The number of hydrogen-bond donors (Lipinski definition) is 1. The van der Waals surface area contributed by atoms with Crippen molar-refractivity contribution in [3.63, 3.8) is 0 Å². The number of benzene rings is 1. The van der Waals surface area contributed by atoms with E-state index in [1.807, 2.05) is 18.2 Å². The van der Waals surface area contributed by atoms with Crippen molar-refractivity contribution in [2.75, 3.05) is 0 Å². The number of nitriles is 1. The second-order valence-electron chi connectivity index (χ2n) is 5.17. The second-order valence-corrected chi connectivity index (χ2v) is 5.17. The fourth-order valence-corrected chi connectivity index (χ4v) is 1.81. The van der Waals surface area contributed by atoms with Crippen molar-refractivity contribution in [3.05, 3.63) is 45.7 Å². The van der Waals surface area contributed by atoms with E-state index in [4.69, 9.17) is 5.26 Å². The van der Waals surface area contributed by atoms with Gasteiger partial charge >= 0.3 is 0 Å². The van der Waals surface area contributed by atoms with Crippen molar-refractivity contribution >= 4 is 10.9 Å². The Morgan fingerprint density at radius 1 is 1.24 bits per heavy atom. The summed E-state index contributed by atoms with van der Waals surface area (Å²) < 4.78 is 0. The van der Waals surface area contributed by atoms with E-state index in [2.05, 4.69) is 31.8 Å². The monoisotopic (exact) mass is 226 g/mol. The molecule has 86 valence electrons. The van der Waals surface area contributed by atoms with Gasteiger partial charge in [0.25, 0.3) is 0 Å². The van der Waals surface area contributed by atoms with Crippen LogP contribution in [0.1, 0.15) is 31.9 Å². The van der Waals surface area contributed by atoms with E-state index < -0.39 is 0 Å². The Morgan fingerprint density at radius 3 is 2.53 bits per heavy atom. The van der Waals surface area contributed by atoms with Crippen LogP contribution in [0.15, 0.2) is 29.1 Å². The largest absolute Gasteiger partial charge is 0.322 e. The molecule has 17 heavy (non-hydrogen) atoms. The molecule has 0 unspecified atom stereocenters. The van der Waals surface area contributed by atoms with Gasteiger partial charge in [0.2, 0.25) is 5.56 Å². The molecular weight excluding hydrogens is 212 g/mol. The Labute approximate surface area is 99.7 Å². The lowest BCUT2D eigenvalue weighted by Gasteiger charge is -2.19. The molecule has 1 aromatic carbocycles. The number of aromatic amines is 1. The first-order valence-corrected chi connectivity index (χ1v) is 5.49. The van der Waals surface area contributed by atoms with E-state index in [1.54, 1.807) is 0 Å². The average molecular weight is 226 g/mol. The molecule has 2 aromatic rings. The van der Waals surface area contributed by atoms with E-state index >= 15 is 0 Å². The molecule has 0 aliphatic heterocycles. The first-order valence-electron chi connectivity index (χ1n) is 5.49. The van der Waals surface area contributed by atoms with Crippen molar-refractivity contribution in [1.82, 2.24) is 4.98 Å². The van der Waals surface area contributed by atoms with Crippen LogP contribution in [0.3, 0.4) is 0 Å². The van der Waals surface area contributed by atoms with Crippen LogP contribution in [0.2, 0.25) is 0 Å². The molecule has 0 amide bonds. The number of nitrogens with zero attached hydrogens (tertiary/aromatic N) is 1. The molecule has 0 aliphatic carbocycles. The van der Waals surface area contributed by atoms with Crippen LogP contribution < -0.4 is 5.56 Å². The minimum Gasteiger partial charge on any atom is -0.322 e. The van der Waals surface area contributed by atoms with Crippen LogP contribution >= 0.6 is 0 Å². The summed E-state index contributed by atoms with van der Waals surface area (Å²) in [5.41, 5.74) is 2.07. The quantitative estimate of drug-likeness (QED) is 0.750. The number of nitrogens with one attached hydrogen (secondary N) is 1. The predicted molar refractivity (Wildman–Crippen MR) is 68.0 cm³/mol. The molecule has 1 aromatic heterocycles. The number of aromatic nitrogens is 1. The van der Waals surface area contributed by atoms with Crippen LogP contribution in [-0.4, -0.2) is 4.98 Å². The zero-order valence-electron chi connectivity index (χ0n) is 10.2. The van der Waals surface area contributed by atoms with Gasteiger partial charge in [-0.2, -0.15) is 5.26 Å². The van der Waals surface area contributed by atoms with Crippen LogP contribution in [0, 0.1) is 11.3 Å². The molecule has 2 rings (SSSR count). The zero-order chi connectivity index (χ0) is 12.6. The lowest BCUT2D eigenvalue weighted by Crippen LogP contribution is -2.12. The highest BCUT2D eigenvalue weighted by atomic mass is 16.1. The van der Waals surface area contributed by atoms with Crippen LogP contribution in [0.4, 0.5) is 0 Å². The lowest BCUT2D eigenvalue weighted by molar-refractivity contribution is 0.591. The average Bonchev–Trinajstić information content (AvgIpc) is 2.25. The SMILES string of the molecule is CC(C)(C)c1ccc2[nH]c(=O)cc(C#N)c2c1. The Kier molecular flexibility index (Phi) is 2.51. The molecule has 0 aliphatic rings. The van der Waals surface area contributed by atoms with E-state index in [0.29, 0.717) is 11.1 Å². The molecule has 0 saturated heterocycles. The second kappa shape index (κ2) is 3.74. The summed E-state index contributed by atoms with van der Waals surface area (Å²) in [6.07, 6.45) is 0. The Hall–Kier alpha value is -2.08. The summed E-state index contributed by atoms with van der Waals surface area (Å²) in [5.74, 6) is 0. The van der Waals surface area contributed by atoms with Gasteiger partial charge in [0.1, 0.15) is 6.07 Å². The predicted octanol–water partition coefficient (Wildman–Crippen LogP) is 2.70. The van der Waals surface area contributed by atoms with Crippen molar-refractivity contribution in [2.45, 2.75) is 26.2 Å². The molecule has 1 N–H and O–H groups in total. The number of pyridine rings is 1. The van der Waals surface area contributed by atoms with Crippen LogP contribution in [-0.2, 0) is 5.41 Å². The fourth-order valence-electron chi connectivity index (χ4n) is 1.81. The summed E-state index contributed by atoms with van der Waals surface area (Å²) in [6.45, 7) is 6.35. The van der Waals surface area contributed by atoms with Gasteiger partial charge in [-0.3, -0.25) is 4.79 Å². The van der Waals surface area contributed by atoms with Gasteiger partial charge in [-0.1, -0.05) is 26.8 Å². The van der Waals surface area contributed by atoms with Gasteiger partial charge in [0, 0.05) is 17.0 Å². The molecular formula is C14H14N2O. The maximum Gasteiger partial charge on any atom is 0.249 e. The molecule has 0 spiro atoms. The van der Waals surface area contributed by atoms with E-state index in [-0.39, 0.29) is 11.0 Å². The zero-order valence-corrected chi connectivity index (χ0v) is 10.2. The van der Waals surface area contributed by atoms with Gasteiger partial charge in [-0.25, -0.2) is 0 Å². The number of rotatable bonds is 0.